The van der Waals surface area contributed by atoms with Gasteiger partial charge in [0.05, 0.1) is 40.3 Å². The second-order valence-electron chi connectivity index (χ2n) is 8.85. The number of amides is 2. The standard InChI is InChI=1S/C25H18ClF3N4O6/c1-3-39-24(38)18-15-14(17(31-18)16-19(34)11-6-4-5-7-12(11)20(16)35)22(36)33(23(15)37)32(2)21-13(26)8-10(9-30-21)25(27,28)29/h4-9,14-15,18,34H,3H2,1-2H3/t14-,15+,18+/m0/s1. The first-order chi connectivity index (χ1) is 18.4. The summed E-state index contributed by atoms with van der Waals surface area (Å²) in [5, 5.41) is 11.8. The number of aliphatic hydroxyl groups is 1. The lowest BCUT2D eigenvalue weighted by Crippen LogP contribution is -2.47. The summed E-state index contributed by atoms with van der Waals surface area (Å²) in [7, 11) is 1.18. The molecule has 2 aromatic rings. The molecule has 1 aliphatic carbocycles. The summed E-state index contributed by atoms with van der Waals surface area (Å²) in [4.78, 5) is 61.2. The quantitative estimate of drug-likeness (QED) is 0.434. The molecule has 0 spiro atoms. The van der Waals surface area contributed by atoms with Crippen molar-refractivity contribution in [3.05, 3.63) is 63.8 Å². The number of carbonyl (C=O) groups is 4. The third kappa shape index (κ3) is 3.95. The number of benzene rings is 1. The molecule has 1 aromatic carbocycles. The highest BCUT2D eigenvalue weighted by Crippen LogP contribution is 2.44. The Morgan fingerprint density at radius 1 is 1.18 bits per heavy atom. The van der Waals surface area contributed by atoms with E-state index in [4.69, 9.17) is 16.3 Å². The molecule has 202 valence electrons. The van der Waals surface area contributed by atoms with Crippen LogP contribution in [0.2, 0.25) is 5.02 Å². The second-order valence-corrected chi connectivity index (χ2v) is 9.26. The second kappa shape index (κ2) is 9.19. The van der Waals surface area contributed by atoms with Crippen molar-refractivity contribution in [1.29, 1.82) is 0 Å². The number of ether oxygens (including phenoxy) is 1. The van der Waals surface area contributed by atoms with Gasteiger partial charge in [-0.2, -0.15) is 18.2 Å². The van der Waals surface area contributed by atoms with Gasteiger partial charge in [-0.05, 0) is 13.0 Å². The van der Waals surface area contributed by atoms with Gasteiger partial charge >= 0.3 is 12.1 Å². The van der Waals surface area contributed by atoms with Gasteiger partial charge in [0.15, 0.2) is 17.6 Å². The normalized spacial score (nSPS) is 22.3. The van der Waals surface area contributed by atoms with E-state index in [0.29, 0.717) is 17.3 Å². The summed E-state index contributed by atoms with van der Waals surface area (Å²) in [6, 6.07) is 5.20. The van der Waals surface area contributed by atoms with Crippen molar-refractivity contribution >= 4 is 52.5 Å². The Bertz CT molecular complexity index is 1520. The molecule has 5 rings (SSSR count). The molecule has 2 aliphatic heterocycles. The average Bonchev–Trinajstić information content (AvgIpc) is 3.47. The van der Waals surface area contributed by atoms with Gasteiger partial charge in [0.2, 0.25) is 0 Å². The summed E-state index contributed by atoms with van der Waals surface area (Å²) in [6.07, 6.45) is -4.24. The van der Waals surface area contributed by atoms with Crippen LogP contribution in [-0.4, -0.2) is 64.1 Å². The number of hydrogen-bond donors (Lipinski definition) is 1. The Morgan fingerprint density at radius 3 is 2.44 bits per heavy atom. The molecule has 14 heteroatoms. The predicted molar refractivity (Wildman–Crippen MR) is 130 cm³/mol. The zero-order chi connectivity index (χ0) is 28.4. The minimum atomic E-state index is -4.73. The number of nitrogens with zero attached hydrogens (tertiary/aromatic N) is 4. The van der Waals surface area contributed by atoms with E-state index >= 15 is 0 Å². The van der Waals surface area contributed by atoms with E-state index in [1.165, 1.54) is 26.1 Å². The Labute approximate surface area is 223 Å². The highest BCUT2D eigenvalue weighted by atomic mass is 35.5. The number of aliphatic imine (C=N–C) groups is 1. The topological polar surface area (TPSA) is 129 Å². The van der Waals surface area contributed by atoms with Crippen LogP contribution < -0.4 is 5.01 Å². The first-order valence-corrected chi connectivity index (χ1v) is 11.9. The smallest absolute Gasteiger partial charge is 0.417 e. The number of rotatable bonds is 5. The number of pyridine rings is 1. The van der Waals surface area contributed by atoms with Gasteiger partial charge in [-0.25, -0.2) is 9.78 Å². The van der Waals surface area contributed by atoms with Gasteiger partial charge in [0.25, 0.3) is 11.8 Å². The highest BCUT2D eigenvalue weighted by molar-refractivity contribution is 6.40. The number of Topliss-reactive ketones (excluding diaryl/α,β-unsaturated/α-hetero) is 1. The Kier molecular flexibility index (Phi) is 6.21. The molecule has 0 unspecified atom stereocenters. The van der Waals surface area contributed by atoms with Gasteiger partial charge in [0, 0.05) is 24.4 Å². The first kappa shape index (κ1) is 26.4. The van der Waals surface area contributed by atoms with Gasteiger partial charge in [-0.15, -0.1) is 0 Å². The molecule has 1 N–H and O–H groups in total. The van der Waals surface area contributed by atoms with Crippen LogP contribution in [-0.2, 0) is 25.3 Å². The molecule has 3 heterocycles. The van der Waals surface area contributed by atoms with Crippen LogP contribution >= 0.6 is 11.6 Å². The van der Waals surface area contributed by atoms with Crippen LogP contribution in [0.3, 0.4) is 0 Å². The van der Waals surface area contributed by atoms with Crippen molar-refractivity contribution in [2.75, 3.05) is 18.7 Å². The van der Waals surface area contributed by atoms with Crippen molar-refractivity contribution in [3.8, 4) is 0 Å². The summed E-state index contributed by atoms with van der Waals surface area (Å²) in [6.45, 7) is 1.47. The van der Waals surface area contributed by atoms with Crippen LogP contribution in [0.25, 0.3) is 5.76 Å². The van der Waals surface area contributed by atoms with Crippen LogP contribution in [0.15, 0.2) is 47.1 Å². The molecule has 0 saturated carbocycles. The van der Waals surface area contributed by atoms with Crippen LogP contribution in [0.4, 0.5) is 19.0 Å². The van der Waals surface area contributed by atoms with Gasteiger partial charge in [-0.3, -0.25) is 24.4 Å². The average molecular weight is 563 g/mol. The molecular formula is C25H18ClF3N4O6. The number of imide groups is 1. The van der Waals surface area contributed by atoms with Crippen molar-refractivity contribution in [1.82, 2.24) is 9.99 Å². The lowest BCUT2D eigenvalue weighted by Gasteiger charge is -2.29. The van der Waals surface area contributed by atoms with E-state index < -0.39 is 64.0 Å². The number of allylic oxidation sites excluding steroid dienone is 1. The molecular weight excluding hydrogens is 545 g/mol. The van der Waals surface area contributed by atoms with Crippen molar-refractivity contribution in [3.63, 3.8) is 0 Å². The first-order valence-electron chi connectivity index (χ1n) is 11.5. The third-order valence-corrected chi connectivity index (χ3v) is 6.95. The van der Waals surface area contributed by atoms with E-state index in [9.17, 15) is 37.5 Å². The lowest BCUT2D eigenvalue weighted by molar-refractivity contribution is -0.149. The SMILES string of the molecule is CCOC(=O)[C@@H]1N=C(C2=C(O)c3ccccc3C2=O)[C@H]2C(=O)N(N(C)c3ncc(C(F)(F)F)cc3Cl)C(=O)[C@H]21. The van der Waals surface area contributed by atoms with Gasteiger partial charge in [0.1, 0.15) is 5.76 Å². The summed E-state index contributed by atoms with van der Waals surface area (Å²) < 4.78 is 44.3. The van der Waals surface area contributed by atoms with E-state index in [2.05, 4.69) is 9.98 Å². The number of aromatic nitrogens is 1. The van der Waals surface area contributed by atoms with Crippen LogP contribution in [0.5, 0.6) is 0 Å². The number of hydrogen-bond acceptors (Lipinski definition) is 9. The molecule has 1 fully saturated rings. The van der Waals surface area contributed by atoms with Gasteiger partial charge < -0.3 is 9.84 Å². The lowest BCUT2D eigenvalue weighted by atomic mass is 9.85. The molecule has 1 aromatic heterocycles. The summed E-state index contributed by atoms with van der Waals surface area (Å²) >= 11 is 6.03. The van der Waals surface area contributed by atoms with E-state index in [1.54, 1.807) is 12.1 Å². The van der Waals surface area contributed by atoms with Crippen molar-refractivity contribution < 1.29 is 42.2 Å². The monoisotopic (exact) mass is 562 g/mol. The van der Waals surface area contributed by atoms with E-state index in [-0.39, 0.29) is 34.8 Å². The molecule has 2 amide bonds. The summed E-state index contributed by atoms with van der Waals surface area (Å²) in [5.41, 5.74) is -1.39. The third-order valence-electron chi connectivity index (χ3n) is 6.67. The number of alkyl halides is 3. The number of anilines is 1. The number of ketones is 1. The fraction of sp³-hybridized carbons (Fsp3) is 0.280. The highest BCUT2D eigenvalue weighted by Gasteiger charge is 2.62. The zero-order valence-electron chi connectivity index (χ0n) is 20.2. The fourth-order valence-electron chi connectivity index (χ4n) is 4.96. The fourth-order valence-corrected chi connectivity index (χ4v) is 5.24. The maximum atomic E-state index is 13.7. The molecule has 3 aliphatic rings. The van der Waals surface area contributed by atoms with Crippen LogP contribution in [0, 0.1) is 11.8 Å². The minimum Gasteiger partial charge on any atom is -0.506 e. The van der Waals surface area contributed by atoms with Crippen molar-refractivity contribution in [2.24, 2.45) is 16.8 Å². The van der Waals surface area contributed by atoms with E-state index in [1.807, 2.05) is 0 Å². The number of aliphatic hydroxyl groups excluding tert-OH is 1. The Balaban J connectivity index is 1.57. The zero-order valence-corrected chi connectivity index (χ0v) is 20.9. The number of fused-ring (bicyclic) bond motifs is 2. The maximum absolute atomic E-state index is 13.7. The number of hydrazine groups is 1. The molecule has 0 radical (unpaired) electrons. The van der Waals surface area contributed by atoms with Crippen molar-refractivity contribution in [2.45, 2.75) is 19.1 Å². The van der Waals surface area contributed by atoms with Crippen LogP contribution in [0.1, 0.15) is 28.4 Å². The largest absolute Gasteiger partial charge is 0.506 e. The summed E-state index contributed by atoms with van der Waals surface area (Å²) in [5.74, 6) is -7.19. The van der Waals surface area contributed by atoms with E-state index in [0.717, 1.165) is 5.01 Å². The molecule has 1 saturated heterocycles. The number of halogens is 4. The molecule has 0 bridgehead atoms. The minimum absolute atomic E-state index is 0.0628. The Hall–Kier alpha value is -4.26. The van der Waals surface area contributed by atoms with Gasteiger partial charge in [-0.1, -0.05) is 35.9 Å². The molecule has 3 atom stereocenters. The molecule has 39 heavy (non-hydrogen) atoms. The number of esters is 1. The maximum Gasteiger partial charge on any atom is 0.417 e. The Morgan fingerprint density at radius 2 is 1.85 bits per heavy atom. The predicted octanol–water partition coefficient (Wildman–Crippen LogP) is 3.26. The molecule has 10 nitrogen and oxygen atoms in total. The number of carbonyl (C=O) groups excluding carboxylic acids is 4.